The molecule has 1 aliphatic heterocycles. The van der Waals surface area contributed by atoms with Gasteiger partial charge < -0.3 is 0 Å². The number of nitrogens with zero attached hydrogens (tertiary/aromatic N) is 1. The van der Waals surface area contributed by atoms with Crippen LogP contribution in [0.1, 0.15) is 26.7 Å². The average molecular weight is 350 g/mol. The second kappa shape index (κ2) is 7.19. The third kappa shape index (κ3) is 4.45. The van der Waals surface area contributed by atoms with Crippen molar-refractivity contribution in [3.05, 3.63) is 29.6 Å². The predicted octanol–water partition coefficient (Wildman–Crippen LogP) is 2.50. The minimum Gasteiger partial charge on any atom is -0.299 e. The highest BCUT2D eigenvalue weighted by molar-refractivity contribution is 7.89. The smallest absolute Gasteiger partial charge is 0.243 e. The molecule has 0 aromatic heterocycles. The fourth-order valence-corrected chi connectivity index (χ4v) is 3.81. The Hall–Kier alpha value is -1.12. The minimum atomic E-state index is -4.23. The first-order valence-corrected chi connectivity index (χ1v) is 9.07. The predicted molar refractivity (Wildman–Crippen MR) is 80.9 cm³/mol. The molecule has 130 valence electrons. The molecule has 23 heavy (non-hydrogen) atoms. The van der Waals surface area contributed by atoms with E-state index in [1.165, 1.54) is 0 Å². The molecule has 1 atom stereocenters. The van der Waals surface area contributed by atoms with Crippen LogP contribution in [0.15, 0.2) is 17.0 Å². The number of piperidine rings is 1. The molecule has 2 rings (SSSR count). The molecular weight excluding hydrogens is 329 g/mol. The van der Waals surface area contributed by atoms with Crippen LogP contribution in [0.25, 0.3) is 0 Å². The van der Waals surface area contributed by atoms with Crippen molar-refractivity contribution in [3.8, 4) is 0 Å². The number of rotatable bonds is 5. The molecule has 8 heteroatoms. The summed E-state index contributed by atoms with van der Waals surface area (Å²) in [4.78, 5) is 1.28. The van der Waals surface area contributed by atoms with Gasteiger partial charge in [-0.15, -0.1) is 0 Å². The van der Waals surface area contributed by atoms with Crippen LogP contribution in [0.4, 0.5) is 13.2 Å². The van der Waals surface area contributed by atoms with E-state index in [0.29, 0.717) is 12.0 Å². The van der Waals surface area contributed by atoms with Crippen LogP contribution in [-0.2, 0) is 10.0 Å². The van der Waals surface area contributed by atoms with E-state index in [9.17, 15) is 21.6 Å². The molecule has 0 spiro atoms. The Labute approximate surface area is 134 Å². The summed E-state index contributed by atoms with van der Waals surface area (Å²) in [6, 6.07) is 0.533. The van der Waals surface area contributed by atoms with Crippen molar-refractivity contribution in [2.75, 3.05) is 19.6 Å². The van der Waals surface area contributed by atoms with Crippen LogP contribution in [0.3, 0.4) is 0 Å². The van der Waals surface area contributed by atoms with Crippen molar-refractivity contribution < 1.29 is 21.6 Å². The molecule has 1 unspecified atom stereocenters. The highest BCUT2D eigenvalue weighted by Crippen LogP contribution is 2.20. The maximum absolute atomic E-state index is 13.6. The highest BCUT2D eigenvalue weighted by atomic mass is 32.2. The molecule has 1 N–H and O–H groups in total. The summed E-state index contributed by atoms with van der Waals surface area (Å²) in [5, 5.41) is 0. The van der Waals surface area contributed by atoms with Gasteiger partial charge in [-0.2, -0.15) is 0 Å². The largest absolute Gasteiger partial charge is 0.299 e. The Kier molecular flexibility index (Phi) is 5.70. The maximum atomic E-state index is 13.6. The third-order valence-corrected chi connectivity index (χ3v) is 5.71. The zero-order chi connectivity index (χ0) is 17.2. The number of likely N-dealkylation sites (tertiary alicyclic amines) is 1. The van der Waals surface area contributed by atoms with E-state index in [1.807, 2.05) is 6.92 Å². The average Bonchev–Trinajstić information content (AvgIpc) is 2.49. The molecule has 0 bridgehead atoms. The van der Waals surface area contributed by atoms with Gasteiger partial charge >= 0.3 is 0 Å². The van der Waals surface area contributed by atoms with E-state index >= 15 is 0 Å². The van der Waals surface area contributed by atoms with Crippen LogP contribution in [0.2, 0.25) is 0 Å². The van der Waals surface area contributed by atoms with Gasteiger partial charge in [-0.3, -0.25) is 4.90 Å². The van der Waals surface area contributed by atoms with Crippen LogP contribution in [-0.4, -0.2) is 39.0 Å². The standard InChI is InChI=1S/C15H21F3N2O2S/c1-10-3-5-20(6-4-10)11(2)9-19-23(21,22)15-8-13(17)12(16)7-14(15)18/h7-8,10-11,19H,3-6,9H2,1-2H3. The topological polar surface area (TPSA) is 49.4 Å². The molecule has 1 heterocycles. The van der Waals surface area contributed by atoms with Gasteiger partial charge in [0.1, 0.15) is 10.7 Å². The number of benzene rings is 1. The van der Waals surface area contributed by atoms with Gasteiger partial charge in [-0.1, -0.05) is 6.92 Å². The number of nitrogens with one attached hydrogen (secondary N) is 1. The van der Waals surface area contributed by atoms with Gasteiger partial charge in [-0.25, -0.2) is 26.3 Å². The van der Waals surface area contributed by atoms with E-state index < -0.39 is 32.4 Å². The van der Waals surface area contributed by atoms with Gasteiger partial charge in [0.25, 0.3) is 0 Å². The van der Waals surface area contributed by atoms with Crippen LogP contribution < -0.4 is 4.72 Å². The molecule has 0 aliphatic carbocycles. The summed E-state index contributed by atoms with van der Waals surface area (Å²) in [5.41, 5.74) is 0. The van der Waals surface area contributed by atoms with Crippen molar-refractivity contribution in [3.63, 3.8) is 0 Å². The first-order chi connectivity index (χ1) is 10.7. The first kappa shape index (κ1) is 18.2. The summed E-state index contributed by atoms with van der Waals surface area (Å²) in [6.45, 7) is 5.89. The maximum Gasteiger partial charge on any atom is 0.243 e. The van der Waals surface area contributed by atoms with Crippen LogP contribution >= 0.6 is 0 Å². The van der Waals surface area contributed by atoms with Gasteiger partial charge in [0, 0.05) is 18.7 Å². The summed E-state index contributed by atoms with van der Waals surface area (Å²) >= 11 is 0. The number of hydrogen-bond acceptors (Lipinski definition) is 3. The molecule has 0 saturated carbocycles. The van der Waals surface area contributed by atoms with Crippen molar-refractivity contribution in [1.29, 1.82) is 0 Å². The molecule has 1 saturated heterocycles. The molecule has 1 fully saturated rings. The second-order valence-electron chi connectivity index (χ2n) is 6.12. The fourth-order valence-electron chi connectivity index (χ4n) is 2.62. The molecule has 0 radical (unpaired) electrons. The second-order valence-corrected chi connectivity index (χ2v) is 7.85. The lowest BCUT2D eigenvalue weighted by Gasteiger charge is -2.34. The lowest BCUT2D eigenvalue weighted by molar-refractivity contribution is 0.148. The first-order valence-electron chi connectivity index (χ1n) is 7.59. The Bertz CT molecular complexity index is 659. The van der Waals surface area contributed by atoms with E-state index in [4.69, 9.17) is 0 Å². The van der Waals surface area contributed by atoms with Gasteiger partial charge in [0.15, 0.2) is 11.6 Å². The molecule has 1 aromatic rings. The van der Waals surface area contributed by atoms with Gasteiger partial charge in [0.2, 0.25) is 10.0 Å². The highest BCUT2D eigenvalue weighted by Gasteiger charge is 2.25. The number of hydrogen-bond donors (Lipinski definition) is 1. The van der Waals surface area contributed by atoms with Crippen LogP contribution in [0, 0.1) is 23.4 Å². The van der Waals surface area contributed by atoms with Gasteiger partial charge in [-0.05, 0) is 44.8 Å². The Morgan fingerprint density at radius 3 is 2.35 bits per heavy atom. The summed E-state index contributed by atoms with van der Waals surface area (Å²) in [7, 11) is -4.23. The van der Waals surface area contributed by atoms with E-state index in [0.717, 1.165) is 25.9 Å². The monoisotopic (exact) mass is 350 g/mol. The quantitative estimate of drug-likeness (QED) is 0.830. The number of halogens is 3. The molecule has 1 aliphatic rings. The van der Waals surface area contributed by atoms with Crippen molar-refractivity contribution in [2.24, 2.45) is 5.92 Å². The van der Waals surface area contributed by atoms with Crippen molar-refractivity contribution in [2.45, 2.75) is 37.6 Å². The molecule has 0 amide bonds. The van der Waals surface area contributed by atoms with Crippen LogP contribution in [0.5, 0.6) is 0 Å². The minimum absolute atomic E-state index is 0.0642. The van der Waals surface area contributed by atoms with Gasteiger partial charge in [0.05, 0.1) is 0 Å². The SMILES string of the molecule is CC1CCN(C(C)CNS(=O)(=O)c2cc(F)c(F)cc2F)CC1. The zero-order valence-electron chi connectivity index (χ0n) is 13.2. The summed E-state index contributed by atoms with van der Waals surface area (Å²) in [5.74, 6) is -3.47. The lowest BCUT2D eigenvalue weighted by atomic mass is 9.98. The Morgan fingerprint density at radius 1 is 1.17 bits per heavy atom. The van der Waals surface area contributed by atoms with E-state index in [1.54, 1.807) is 0 Å². The molecule has 1 aromatic carbocycles. The number of sulfonamides is 1. The normalized spacial score (nSPS) is 19.0. The Balaban J connectivity index is 2.03. The zero-order valence-corrected chi connectivity index (χ0v) is 14.0. The lowest BCUT2D eigenvalue weighted by Crippen LogP contribution is -2.45. The molecule has 4 nitrogen and oxygen atoms in total. The van der Waals surface area contributed by atoms with Crippen molar-refractivity contribution >= 4 is 10.0 Å². The summed E-state index contributed by atoms with van der Waals surface area (Å²) < 4.78 is 66.2. The molecular formula is C15H21F3N2O2S. The van der Waals surface area contributed by atoms with E-state index in [-0.39, 0.29) is 18.7 Å². The van der Waals surface area contributed by atoms with Crippen molar-refractivity contribution in [1.82, 2.24) is 9.62 Å². The Morgan fingerprint density at radius 2 is 1.74 bits per heavy atom. The third-order valence-electron chi connectivity index (χ3n) is 4.27. The summed E-state index contributed by atoms with van der Waals surface area (Å²) in [6.07, 6.45) is 2.10. The fraction of sp³-hybridized carbons (Fsp3) is 0.600. The van der Waals surface area contributed by atoms with E-state index in [2.05, 4.69) is 16.5 Å².